The fourth-order valence-electron chi connectivity index (χ4n) is 1.67. The molecule has 0 saturated heterocycles. The maximum absolute atomic E-state index is 12.4. The largest absolute Gasteiger partial charge is 0.493 e. The number of non-ortho nitro benzene ring substituents is 1. The predicted octanol–water partition coefficient (Wildman–Crippen LogP) is 3.17. The number of sulfone groups is 1. The summed E-state index contributed by atoms with van der Waals surface area (Å²) in [6.07, 6.45) is 0.991. The molecule has 118 valence electrons. The predicted molar refractivity (Wildman–Crippen MR) is 80.9 cm³/mol. The number of ether oxygens (including phenoxy) is 1. The van der Waals surface area contributed by atoms with E-state index in [0.29, 0.717) is 13.0 Å². The van der Waals surface area contributed by atoms with Gasteiger partial charge in [-0.25, -0.2) is 8.42 Å². The number of nitro groups is 1. The second-order valence-corrected chi connectivity index (χ2v) is 7.35. The van der Waals surface area contributed by atoms with Crippen molar-refractivity contribution < 1.29 is 18.1 Å². The third-order valence-electron chi connectivity index (χ3n) is 2.92. The van der Waals surface area contributed by atoms with E-state index in [9.17, 15) is 18.5 Å². The average Bonchev–Trinajstić information content (AvgIpc) is 2.44. The van der Waals surface area contributed by atoms with Gasteiger partial charge in [-0.05, 0) is 25.8 Å². The highest BCUT2D eigenvalue weighted by molar-refractivity contribution is 7.92. The van der Waals surface area contributed by atoms with E-state index in [2.05, 4.69) is 0 Å². The van der Waals surface area contributed by atoms with Crippen molar-refractivity contribution in [2.75, 3.05) is 12.5 Å². The lowest BCUT2D eigenvalue weighted by molar-refractivity contribution is -0.385. The third-order valence-corrected chi connectivity index (χ3v) is 5.33. The first-order chi connectivity index (χ1) is 9.82. The Hall–Kier alpha value is -1.34. The number of alkyl halides is 1. The van der Waals surface area contributed by atoms with Crippen LogP contribution < -0.4 is 4.74 Å². The van der Waals surface area contributed by atoms with Gasteiger partial charge in [0, 0.05) is 11.9 Å². The smallest absolute Gasteiger partial charge is 0.274 e. The molecule has 6 nitrogen and oxygen atoms in total. The minimum absolute atomic E-state index is 0.111. The van der Waals surface area contributed by atoms with Crippen LogP contribution in [0.2, 0.25) is 0 Å². The maximum Gasteiger partial charge on any atom is 0.274 e. The Morgan fingerprint density at radius 1 is 1.38 bits per heavy atom. The molecule has 1 atom stereocenters. The Morgan fingerprint density at radius 2 is 2.05 bits per heavy atom. The highest BCUT2D eigenvalue weighted by atomic mass is 35.5. The number of hydrogen-bond donors (Lipinski definition) is 0. The lowest BCUT2D eigenvalue weighted by Gasteiger charge is -2.13. The fourth-order valence-corrected chi connectivity index (χ4v) is 3.59. The zero-order chi connectivity index (χ0) is 16.0. The van der Waals surface area contributed by atoms with Crippen LogP contribution >= 0.6 is 11.6 Å². The Labute approximate surface area is 129 Å². The van der Waals surface area contributed by atoms with Crippen molar-refractivity contribution in [3.8, 4) is 5.75 Å². The van der Waals surface area contributed by atoms with Crippen molar-refractivity contribution in [1.82, 2.24) is 0 Å². The van der Waals surface area contributed by atoms with Crippen LogP contribution in [0.25, 0.3) is 0 Å². The lowest BCUT2D eigenvalue weighted by atomic mass is 10.3. The van der Waals surface area contributed by atoms with Gasteiger partial charge in [0.25, 0.3) is 5.69 Å². The molecule has 0 aliphatic heterocycles. The number of hydrogen-bond acceptors (Lipinski definition) is 5. The van der Waals surface area contributed by atoms with Crippen molar-refractivity contribution in [2.24, 2.45) is 0 Å². The van der Waals surface area contributed by atoms with Crippen LogP contribution in [0.15, 0.2) is 23.1 Å². The zero-order valence-corrected chi connectivity index (χ0v) is 13.5. The number of nitro benzene ring substituents is 1. The fraction of sp³-hybridized carbons (Fsp3) is 0.538. The van der Waals surface area contributed by atoms with Crippen LogP contribution in [0, 0.1) is 10.1 Å². The molecule has 0 amide bonds. The number of benzene rings is 1. The van der Waals surface area contributed by atoms with E-state index in [1.807, 2.05) is 6.92 Å². The summed E-state index contributed by atoms with van der Waals surface area (Å²) in [4.78, 5) is 10.2. The van der Waals surface area contributed by atoms with Crippen molar-refractivity contribution in [2.45, 2.75) is 36.8 Å². The molecule has 0 saturated carbocycles. The Bertz CT molecular complexity index is 603. The molecule has 0 fully saturated rings. The first kappa shape index (κ1) is 17.7. The topological polar surface area (TPSA) is 86.5 Å². The van der Waals surface area contributed by atoms with E-state index in [4.69, 9.17) is 16.3 Å². The molecule has 0 aromatic heterocycles. The van der Waals surface area contributed by atoms with Crippen LogP contribution in [0.3, 0.4) is 0 Å². The molecule has 0 aliphatic carbocycles. The van der Waals surface area contributed by atoms with Gasteiger partial charge in [-0.1, -0.05) is 6.92 Å². The zero-order valence-electron chi connectivity index (χ0n) is 11.9. The lowest BCUT2D eigenvalue weighted by Crippen LogP contribution is -2.18. The molecule has 0 N–H and O–H groups in total. The number of halogens is 1. The first-order valence-corrected chi connectivity index (χ1v) is 8.63. The molecule has 0 heterocycles. The molecule has 21 heavy (non-hydrogen) atoms. The van der Waals surface area contributed by atoms with E-state index in [-0.39, 0.29) is 28.6 Å². The van der Waals surface area contributed by atoms with Crippen LogP contribution in [-0.4, -0.2) is 31.1 Å². The third kappa shape index (κ3) is 4.57. The summed E-state index contributed by atoms with van der Waals surface area (Å²) >= 11 is 5.57. The average molecular weight is 336 g/mol. The molecule has 1 rings (SSSR count). The van der Waals surface area contributed by atoms with Gasteiger partial charge in [-0.3, -0.25) is 10.1 Å². The number of nitrogens with zero attached hydrogens (tertiary/aromatic N) is 1. The van der Waals surface area contributed by atoms with Gasteiger partial charge in [-0.15, -0.1) is 11.6 Å². The van der Waals surface area contributed by atoms with E-state index in [1.165, 1.54) is 19.1 Å². The molecular weight excluding hydrogens is 318 g/mol. The SMILES string of the molecule is CCCOc1cc([N+](=O)[O-])cc(S(=O)(=O)C(C)CCCl)c1. The minimum atomic E-state index is -3.67. The summed E-state index contributed by atoms with van der Waals surface area (Å²) < 4.78 is 30.1. The summed E-state index contributed by atoms with van der Waals surface area (Å²) in [6, 6.07) is 3.60. The molecular formula is C13H18ClNO5S. The van der Waals surface area contributed by atoms with Gasteiger partial charge < -0.3 is 4.74 Å². The first-order valence-electron chi connectivity index (χ1n) is 6.55. The minimum Gasteiger partial charge on any atom is -0.493 e. The highest BCUT2D eigenvalue weighted by Gasteiger charge is 2.26. The standard InChI is InChI=1S/C13H18ClNO5S/c1-3-6-20-12-7-11(15(16)17)8-13(9-12)21(18,19)10(2)4-5-14/h7-10H,3-6H2,1-2H3. The normalized spacial score (nSPS) is 12.9. The van der Waals surface area contributed by atoms with Gasteiger partial charge in [0.2, 0.25) is 0 Å². The highest BCUT2D eigenvalue weighted by Crippen LogP contribution is 2.28. The quantitative estimate of drug-likeness (QED) is 0.413. The molecule has 0 bridgehead atoms. The monoisotopic (exact) mass is 335 g/mol. The van der Waals surface area contributed by atoms with Crippen LogP contribution in [0.5, 0.6) is 5.75 Å². The van der Waals surface area contributed by atoms with E-state index < -0.39 is 20.0 Å². The summed E-state index contributed by atoms with van der Waals surface area (Å²) in [6.45, 7) is 3.78. The Balaban J connectivity index is 3.27. The molecule has 8 heteroatoms. The summed E-state index contributed by atoms with van der Waals surface area (Å²) in [5, 5.41) is 10.2. The molecule has 1 aromatic rings. The van der Waals surface area contributed by atoms with E-state index >= 15 is 0 Å². The molecule has 1 aromatic carbocycles. The van der Waals surface area contributed by atoms with Gasteiger partial charge in [-0.2, -0.15) is 0 Å². The molecule has 0 radical (unpaired) electrons. The van der Waals surface area contributed by atoms with Gasteiger partial charge >= 0.3 is 0 Å². The summed E-state index contributed by atoms with van der Waals surface area (Å²) in [5.41, 5.74) is -0.305. The Kier molecular flexibility index (Phi) is 6.42. The van der Waals surface area contributed by atoms with E-state index in [0.717, 1.165) is 6.07 Å². The van der Waals surface area contributed by atoms with Gasteiger partial charge in [0.15, 0.2) is 9.84 Å². The van der Waals surface area contributed by atoms with E-state index in [1.54, 1.807) is 0 Å². The summed E-state index contributed by atoms with van der Waals surface area (Å²) in [5.74, 6) is 0.386. The van der Waals surface area contributed by atoms with Gasteiger partial charge in [0.1, 0.15) is 5.75 Å². The second kappa shape index (κ2) is 7.61. The van der Waals surface area contributed by atoms with Crippen LogP contribution in [0.4, 0.5) is 5.69 Å². The van der Waals surface area contributed by atoms with Crippen molar-refractivity contribution in [3.05, 3.63) is 28.3 Å². The second-order valence-electron chi connectivity index (χ2n) is 4.60. The van der Waals surface area contributed by atoms with Gasteiger partial charge in [0.05, 0.1) is 27.7 Å². The number of rotatable bonds is 8. The van der Waals surface area contributed by atoms with Crippen molar-refractivity contribution in [1.29, 1.82) is 0 Å². The molecule has 0 aliphatic rings. The van der Waals surface area contributed by atoms with Crippen LogP contribution in [0.1, 0.15) is 26.7 Å². The molecule has 1 unspecified atom stereocenters. The van der Waals surface area contributed by atoms with Crippen molar-refractivity contribution in [3.63, 3.8) is 0 Å². The summed E-state index contributed by atoms with van der Waals surface area (Å²) in [7, 11) is -3.67. The maximum atomic E-state index is 12.4. The van der Waals surface area contributed by atoms with Crippen LogP contribution in [-0.2, 0) is 9.84 Å². The van der Waals surface area contributed by atoms with Crippen molar-refractivity contribution >= 4 is 27.1 Å². The Morgan fingerprint density at radius 3 is 2.57 bits per heavy atom. The molecule has 0 spiro atoms.